The first kappa shape index (κ1) is 14.4. The van der Waals surface area contributed by atoms with E-state index >= 15 is 0 Å². The summed E-state index contributed by atoms with van der Waals surface area (Å²) in [5, 5.41) is 13.9. The van der Waals surface area contributed by atoms with E-state index in [1.165, 1.54) is 6.42 Å². The Hall–Kier alpha value is -0.510. The van der Waals surface area contributed by atoms with E-state index < -0.39 is 4.87 Å². The number of nitrogens with one attached hydrogen (secondary N) is 1. The van der Waals surface area contributed by atoms with E-state index in [0.717, 1.165) is 38.0 Å². The third-order valence-corrected chi connectivity index (χ3v) is 5.72. The second-order valence-electron chi connectivity index (χ2n) is 6.74. The van der Waals surface area contributed by atoms with Crippen LogP contribution >= 0.6 is 11.6 Å². The summed E-state index contributed by atoms with van der Waals surface area (Å²) in [4.78, 5) is 1.97. The number of alkyl halides is 1. The monoisotopic (exact) mass is 296 g/mol. The lowest BCUT2D eigenvalue weighted by Gasteiger charge is -2.28. The van der Waals surface area contributed by atoms with Crippen molar-refractivity contribution >= 4 is 11.6 Å². The highest BCUT2D eigenvalue weighted by molar-refractivity contribution is 6.26. The van der Waals surface area contributed by atoms with Crippen molar-refractivity contribution < 1.29 is 5.11 Å². The average Bonchev–Trinajstić information content (AvgIpc) is 3.01. The van der Waals surface area contributed by atoms with Crippen molar-refractivity contribution in [2.45, 2.75) is 37.1 Å². The molecule has 2 fully saturated rings. The first-order valence-corrected chi connectivity index (χ1v) is 8.09. The molecule has 2 N–H and O–H groups in total. The summed E-state index contributed by atoms with van der Waals surface area (Å²) >= 11 is 6.95. The van der Waals surface area contributed by atoms with Crippen LogP contribution in [0.3, 0.4) is 0 Å². The topological polar surface area (TPSA) is 35.5 Å². The van der Waals surface area contributed by atoms with E-state index in [1.807, 2.05) is 6.08 Å². The molecule has 1 aliphatic carbocycles. The van der Waals surface area contributed by atoms with Gasteiger partial charge in [-0.3, -0.25) is 0 Å². The first-order valence-electron chi connectivity index (χ1n) is 7.71. The molecule has 2 aliphatic heterocycles. The minimum absolute atomic E-state index is 0.197. The van der Waals surface area contributed by atoms with Crippen LogP contribution in [0.2, 0.25) is 0 Å². The Morgan fingerprint density at radius 1 is 1.50 bits per heavy atom. The molecule has 2 saturated heterocycles. The van der Waals surface area contributed by atoms with Crippen molar-refractivity contribution in [2.75, 3.05) is 26.7 Å². The molecule has 0 amide bonds. The number of halogens is 1. The standard InChI is InChI=1S/C16H25ClN2O/c1-11-4-3-5-13(15(11)20)16(17)8-14(19(2)10-16)12-6-7-18-9-12/h3,5,11-12,14,18,20H,4,6-10H2,1-2H3/t11?,12?,14-,16+/m1/s1. The Kier molecular flexibility index (Phi) is 3.87. The van der Waals surface area contributed by atoms with Crippen molar-refractivity contribution in [1.82, 2.24) is 10.2 Å². The molecule has 20 heavy (non-hydrogen) atoms. The smallest absolute Gasteiger partial charge is 0.100 e. The molecule has 3 nitrogen and oxygen atoms in total. The van der Waals surface area contributed by atoms with E-state index in [1.54, 1.807) is 0 Å². The molecule has 4 atom stereocenters. The van der Waals surface area contributed by atoms with Gasteiger partial charge in [-0.05, 0) is 45.3 Å². The summed E-state index contributed by atoms with van der Waals surface area (Å²) in [7, 11) is 2.17. The molecule has 2 heterocycles. The van der Waals surface area contributed by atoms with Gasteiger partial charge in [0.15, 0.2) is 0 Å². The predicted molar refractivity (Wildman–Crippen MR) is 83.2 cm³/mol. The van der Waals surface area contributed by atoms with Crippen LogP contribution in [-0.2, 0) is 0 Å². The summed E-state index contributed by atoms with van der Waals surface area (Å²) < 4.78 is 0. The van der Waals surface area contributed by atoms with Gasteiger partial charge < -0.3 is 15.3 Å². The number of aliphatic hydroxyl groups excluding tert-OH is 1. The lowest BCUT2D eigenvalue weighted by atomic mass is 9.84. The fraction of sp³-hybridized carbons (Fsp3) is 0.750. The second-order valence-corrected chi connectivity index (χ2v) is 7.47. The lowest BCUT2D eigenvalue weighted by Crippen LogP contribution is -2.33. The van der Waals surface area contributed by atoms with Crippen LogP contribution in [0.25, 0.3) is 0 Å². The van der Waals surface area contributed by atoms with Crippen LogP contribution in [0.4, 0.5) is 0 Å². The molecule has 0 aromatic carbocycles. The summed E-state index contributed by atoms with van der Waals surface area (Å²) in [6.45, 7) is 5.11. The van der Waals surface area contributed by atoms with Crippen LogP contribution in [0, 0.1) is 11.8 Å². The van der Waals surface area contributed by atoms with Gasteiger partial charge in [0.1, 0.15) is 5.76 Å². The Labute approximate surface area is 126 Å². The zero-order valence-corrected chi connectivity index (χ0v) is 13.2. The highest BCUT2D eigenvalue weighted by Gasteiger charge is 2.47. The molecule has 0 saturated carbocycles. The van der Waals surface area contributed by atoms with E-state index in [0.29, 0.717) is 17.7 Å². The number of aliphatic hydroxyl groups is 1. The Bertz CT molecular complexity index is 442. The summed E-state index contributed by atoms with van der Waals surface area (Å²) in [6, 6.07) is 0.522. The molecule has 4 heteroatoms. The number of likely N-dealkylation sites (tertiary alicyclic amines) is 1. The number of nitrogens with zero attached hydrogens (tertiary/aromatic N) is 1. The Morgan fingerprint density at radius 3 is 3.00 bits per heavy atom. The van der Waals surface area contributed by atoms with Crippen LogP contribution in [-0.4, -0.2) is 47.6 Å². The van der Waals surface area contributed by atoms with Gasteiger partial charge in [0.05, 0.1) is 4.87 Å². The maximum absolute atomic E-state index is 10.4. The maximum atomic E-state index is 10.4. The maximum Gasteiger partial charge on any atom is 0.100 e. The highest BCUT2D eigenvalue weighted by Crippen LogP contribution is 2.44. The third-order valence-electron chi connectivity index (χ3n) is 5.24. The quantitative estimate of drug-likeness (QED) is 0.769. The first-order chi connectivity index (χ1) is 9.51. The van der Waals surface area contributed by atoms with Crippen molar-refractivity contribution in [1.29, 1.82) is 0 Å². The molecule has 0 spiro atoms. The molecule has 0 aromatic heterocycles. The number of rotatable bonds is 2. The van der Waals surface area contributed by atoms with Gasteiger partial charge in [-0.25, -0.2) is 0 Å². The van der Waals surface area contributed by atoms with Crippen LogP contribution < -0.4 is 5.32 Å². The normalized spacial score (nSPS) is 42.6. The van der Waals surface area contributed by atoms with Crippen molar-refractivity contribution in [3.63, 3.8) is 0 Å². The number of hydrogen-bond donors (Lipinski definition) is 2. The molecule has 2 unspecified atom stereocenters. The Morgan fingerprint density at radius 2 is 2.30 bits per heavy atom. The largest absolute Gasteiger partial charge is 0.512 e. The van der Waals surface area contributed by atoms with Crippen molar-refractivity contribution in [3.05, 3.63) is 23.5 Å². The van der Waals surface area contributed by atoms with E-state index in [2.05, 4.69) is 30.3 Å². The fourth-order valence-electron chi connectivity index (χ4n) is 4.02. The van der Waals surface area contributed by atoms with Crippen LogP contribution in [0.1, 0.15) is 26.2 Å². The zero-order valence-electron chi connectivity index (χ0n) is 12.4. The number of allylic oxidation sites excluding steroid dienone is 3. The molecule has 0 bridgehead atoms. The van der Waals surface area contributed by atoms with Crippen LogP contribution in [0.5, 0.6) is 0 Å². The summed E-state index contributed by atoms with van der Waals surface area (Å²) in [6.07, 6.45) is 7.28. The summed E-state index contributed by atoms with van der Waals surface area (Å²) in [5.41, 5.74) is 0.957. The fourth-order valence-corrected chi connectivity index (χ4v) is 4.53. The molecule has 3 rings (SSSR count). The van der Waals surface area contributed by atoms with Gasteiger partial charge in [-0.2, -0.15) is 0 Å². The minimum atomic E-state index is -0.419. The molecule has 3 aliphatic rings. The number of hydrogen-bond acceptors (Lipinski definition) is 3. The van der Waals surface area contributed by atoms with Gasteiger partial charge in [0.2, 0.25) is 0 Å². The van der Waals surface area contributed by atoms with Crippen molar-refractivity contribution in [2.24, 2.45) is 11.8 Å². The summed E-state index contributed by atoms with van der Waals surface area (Å²) in [5.74, 6) is 1.39. The van der Waals surface area contributed by atoms with Gasteiger partial charge in [-0.1, -0.05) is 19.1 Å². The average molecular weight is 297 g/mol. The molecular weight excluding hydrogens is 272 g/mol. The molecular formula is C16H25ClN2O. The van der Waals surface area contributed by atoms with Gasteiger partial charge in [-0.15, -0.1) is 11.6 Å². The zero-order chi connectivity index (χ0) is 14.3. The van der Waals surface area contributed by atoms with E-state index in [9.17, 15) is 5.11 Å². The van der Waals surface area contributed by atoms with Gasteiger partial charge >= 0.3 is 0 Å². The third kappa shape index (κ3) is 2.40. The van der Waals surface area contributed by atoms with Crippen molar-refractivity contribution in [3.8, 4) is 0 Å². The molecule has 112 valence electrons. The second kappa shape index (κ2) is 5.36. The minimum Gasteiger partial charge on any atom is -0.512 e. The predicted octanol–water partition coefficient (Wildman–Crippen LogP) is 2.69. The van der Waals surface area contributed by atoms with E-state index in [4.69, 9.17) is 11.6 Å². The highest BCUT2D eigenvalue weighted by atomic mass is 35.5. The molecule has 0 aromatic rings. The van der Waals surface area contributed by atoms with Gasteiger partial charge in [0, 0.05) is 24.1 Å². The lowest BCUT2D eigenvalue weighted by molar-refractivity contribution is 0.238. The molecule has 0 radical (unpaired) electrons. The van der Waals surface area contributed by atoms with Gasteiger partial charge in [0.25, 0.3) is 0 Å². The SMILES string of the molecule is CC1CC=CC([C@]2(Cl)C[C@H](C3CCNC3)N(C)C2)=C1O. The van der Waals surface area contributed by atoms with Crippen LogP contribution in [0.15, 0.2) is 23.5 Å². The van der Waals surface area contributed by atoms with E-state index in [-0.39, 0.29) is 5.92 Å². The Balaban J connectivity index is 1.83.